The molecular formula is C24H33N7O4. The molecule has 5 rings (SSSR count). The Morgan fingerprint density at radius 2 is 2.03 bits per heavy atom. The molecule has 0 aromatic carbocycles. The Balaban J connectivity index is 1.23. The van der Waals surface area contributed by atoms with Gasteiger partial charge in [-0.25, -0.2) is 9.97 Å². The summed E-state index contributed by atoms with van der Waals surface area (Å²) in [4.78, 5) is 32.5. The van der Waals surface area contributed by atoms with Gasteiger partial charge in [0.15, 0.2) is 5.82 Å². The van der Waals surface area contributed by atoms with Gasteiger partial charge in [0.1, 0.15) is 17.6 Å². The molecule has 3 heterocycles. The zero-order valence-electron chi connectivity index (χ0n) is 20.5. The number of ether oxygens (including phenoxy) is 3. The van der Waals surface area contributed by atoms with E-state index in [2.05, 4.69) is 30.2 Å². The molecule has 11 nitrogen and oxygen atoms in total. The van der Waals surface area contributed by atoms with Gasteiger partial charge in [-0.2, -0.15) is 9.97 Å². The Bertz CT molecular complexity index is 1080. The predicted molar refractivity (Wildman–Crippen MR) is 129 cm³/mol. The number of carbonyl (C=O) groups excluding carboxylic acids is 1. The molecule has 3 fully saturated rings. The van der Waals surface area contributed by atoms with Crippen LogP contribution in [0.2, 0.25) is 0 Å². The van der Waals surface area contributed by atoms with E-state index in [1.54, 1.807) is 19.4 Å². The number of carbonyl (C=O) groups is 1. The van der Waals surface area contributed by atoms with Crippen LogP contribution in [0, 0.1) is 18.8 Å². The van der Waals surface area contributed by atoms with Crippen LogP contribution in [0.1, 0.15) is 48.8 Å². The van der Waals surface area contributed by atoms with Crippen molar-refractivity contribution in [1.82, 2.24) is 25.3 Å². The molecule has 2 aromatic rings. The summed E-state index contributed by atoms with van der Waals surface area (Å²) >= 11 is 0. The van der Waals surface area contributed by atoms with Crippen LogP contribution in [0.25, 0.3) is 0 Å². The van der Waals surface area contributed by atoms with E-state index in [9.17, 15) is 4.79 Å². The fourth-order valence-corrected chi connectivity index (χ4v) is 4.48. The molecular weight excluding hydrogens is 450 g/mol. The van der Waals surface area contributed by atoms with Gasteiger partial charge in [0.25, 0.3) is 11.8 Å². The summed E-state index contributed by atoms with van der Waals surface area (Å²) in [6, 6.07) is 1.95. The van der Waals surface area contributed by atoms with Crippen LogP contribution in [-0.4, -0.2) is 70.9 Å². The molecule has 1 saturated heterocycles. The van der Waals surface area contributed by atoms with Crippen molar-refractivity contribution in [2.75, 3.05) is 44.0 Å². The summed E-state index contributed by atoms with van der Waals surface area (Å²) in [7, 11) is 1.62. The normalized spacial score (nSPS) is 23.9. The largest absolute Gasteiger partial charge is 0.475 e. The first-order valence-electron chi connectivity index (χ1n) is 12.2. The number of nitrogens with one attached hydrogen (secondary N) is 1. The zero-order chi connectivity index (χ0) is 24.6. The molecule has 0 bridgehead atoms. The fraction of sp³-hybridized carbons (Fsp3) is 0.625. The van der Waals surface area contributed by atoms with Gasteiger partial charge in [-0.05, 0) is 51.4 Å². The number of anilines is 2. The number of nitrogens with two attached hydrogens (primary N) is 1. The Morgan fingerprint density at radius 3 is 2.71 bits per heavy atom. The van der Waals surface area contributed by atoms with Gasteiger partial charge < -0.3 is 30.2 Å². The molecule has 1 amide bonds. The van der Waals surface area contributed by atoms with Crippen LogP contribution in [0.5, 0.6) is 11.9 Å². The van der Waals surface area contributed by atoms with E-state index in [4.69, 9.17) is 19.9 Å². The SMILES string of the molecule is COC[C@@H](C)Oc1nc(C(=O)NC23CC2C3)cc(N2CCC(COc3nc(C)cnc3N)CC2)n1. The van der Waals surface area contributed by atoms with Crippen molar-refractivity contribution in [3.8, 4) is 11.9 Å². The number of aryl methyl sites for hydroxylation is 1. The predicted octanol–water partition coefficient (Wildman–Crippen LogP) is 1.76. The molecule has 188 valence electrons. The van der Waals surface area contributed by atoms with Gasteiger partial charge in [-0.15, -0.1) is 0 Å². The maximum absolute atomic E-state index is 12.9. The van der Waals surface area contributed by atoms with Crippen LogP contribution in [0.15, 0.2) is 12.3 Å². The summed E-state index contributed by atoms with van der Waals surface area (Å²) in [6.45, 7) is 6.23. The van der Waals surface area contributed by atoms with E-state index >= 15 is 0 Å². The number of methoxy groups -OCH3 is 1. The van der Waals surface area contributed by atoms with Crippen LogP contribution in [0.3, 0.4) is 0 Å². The van der Waals surface area contributed by atoms with Crippen molar-refractivity contribution in [2.24, 2.45) is 11.8 Å². The zero-order valence-corrected chi connectivity index (χ0v) is 20.5. The minimum atomic E-state index is -0.235. The highest BCUT2D eigenvalue weighted by atomic mass is 16.5. The number of hydrogen-bond acceptors (Lipinski definition) is 10. The quantitative estimate of drug-likeness (QED) is 0.514. The van der Waals surface area contributed by atoms with E-state index in [0.29, 0.717) is 48.3 Å². The highest BCUT2D eigenvalue weighted by Crippen LogP contribution is 2.66. The van der Waals surface area contributed by atoms with E-state index in [-0.39, 0.29) is 23.6 Å². The summed E-state index contributed by atoms with van der Waals surface area (Å²) in [6.07, 6.45) is 5.34. The summed E-state index contributed by atoms with van der Waals surface area (Å²) in [5.74, 6) is 2.22. The number of aromatic nitrogens is 4. The van der Waals surface area contributed by atoms with Crippen LogP contribution in [0.4, 0.5) is 11.6 Å². The highest BCUT2D eigenvalue weighted by molar-refractivity contribution is 5.94. The molecule has 11 heteroatoms. The number of piperidine rings is 1. The molecule has 0 radical (unpaired) electrons. The van der Waals surface area contributed by atoms with E-state index in [1.807, 2.05) is 13.8 Å². The van der Waals surface area contributed by atoms with E-state index in [0.717, 1.165) is 44.5 Å². The van der Waals surface area contributed by atoms with Gasteiger partial charge in [-0.1, -0.05) is 0 Å². The molecule has 2 aromatic heterocycles. The first kappa shape index (κ1) is 23.5. The van der Waals surface area contributed by atoms with Crippen LogP contribution in [-0.2, 0) is 4.74 Å². The summed E-state index contributed by atoms with van der Waals surface area (Å²) in [5.41, 5.74) is 7.01. The molecule has 0 spiro atoms. The Labute approximate surface area is 204 Å². The second-order valence-corrected chi connectivity index (χ2v) is 9.94. The molecule has 0 unspecified atom stereocenters. The highest BCUT2D eigenvalue weighted by Gasteiger charge is 2.70. The third-order valence-corrected chi connectivity index (χ3v) is 6.96. The lowest BCUT2D eigenvalue weighted by Crippen LogP contribution is -2.37. The lowest BCUT2D eigenvalue weighted by atomic mass is 9.98. The Hall–Kier alpha value is -3.21. The standard InChI is InChI=1S/C24H33N7O4/c1-14-11-26-20(25)22(27-14)34-13-16-4-6-31(7-5-16)19-8-18(21(32)30-24-9-17(24)10-24)28-23(29-19)35-15(2)12-33-3/h8,11,15-17H,4-7,9-10,12-13H2,1-3H3,(H2,25,26)(H,30,32)/t15-,17?,24?/m1/s1. The van der Waals surface area contributed by atoms with Crippen LogP contribution < -0.4 is 25.4 Å². The minimum Gasteiger partial charge on any atom is -0.475 e. The average molecular weight is 484 g/mol. The summed E-state index contributed by atoms with van der Waals surface area (Å²) in [5, 5.41) is 3.14. The van der Waals surface area contributed by atoms with Gasteiger partial charge in [0.05, 0.1) is 25.1 Å². The molecule has 35 heavy (non-hydrogen) atoms. The maximum atomic E-state index is 12.9. The number of nitrogens with zero attached hydrogens (tertiary/aromatic N) is 5. The Morgan fingerprint density at radius 1 is 1.29 bits per heavy atom. The topological polar surface area (TPSA) is 138 Å². The number of hydrogen-bond donors (Lipinski definition) is 2. The number of amides is 1. The second kappa shape index (κ2) is 9.44. The second-order valence-electron chi connectivity index (χ2n) is 9.94. The number of rotatable bonds is 10. The van der Waals surface area contributed by atoms with Gasteiger partial charge in [0.2, 0.25) is 0 Å². The van der Waals surface area contributed by atoms with Crippen molar-refractivity contribution in [3.05, 3.63) is 23.7 Å². The Kier molecular flexibility index (Phi) is 6.35. The average Bonchev–Trinajstić information content (AvgIpc) is 3.70. The molecule has 3 N–H and O–H groups in total. The van der Waals surface area contributed by atoms with E-state index < -0.39 is 0 Å². The smallest absolute Gasteiger partial charge is 0.319 e. The first-order valence-corrected chi connectivity index (χ1v) is 12.2. The van der Waals surface area contributed by atoms with Gasteiger partial charge in [-0.3, -0.25) is 4.79 Å². The lowest BCUT2D eigenvalue weighted by molar-refractivity contribution is 0.0842. The molecule has 1 atom stereocenters. The van der Waals surface area contributed by atoms with E-state index in [1.165, 1.54) is 0 Å². The molecule has 2 aliphatic carbocycles. The maximum Gasteiger partial charge on any atom is 0.319 e. The first-order chi connectivity index (χ1) is 16.8. The van der Waals surface area contributed by atoms with Crippen molar-refractivity contribution >= 4 is 17.5 Å². The third kappa shape index (κ3) is 5.39. The number of fused-ring (bicyclic) bond motifs is 1. The lowest BCUT2D eigenvalue weighted by Gasteiger charge is -2.32. The fourth-order valence-electron chi connectivity index (χ4n) is 4.48. The monoisotopic (exact) mass is 483 g/mol. The van der Waals surface area contributed by atoms with Crippen molar-refractivity contribution in [1.29, 1.82) is 0 Å². The summed E-state index contributed by atoms with van der Waals surface area (Å²) < 4.78 is 16.9. The minimum absolute atomic E-state index is 0.0238. The molecule has 2 saturated carbocycles. The van der Waals surface area contributed by atoms with Gasteiger partial charge >= 0.3 is 6.01 Å². The van der Waals surface area contributed by atoms with Crippen molar-refractivity contribution in [3.63, 3.8) is 0 Å². The van der Waals surface area contributed by atoms with Gasteiger partial charge in [0, 0.05) is 31.8 Å². The number of nitrogen functional groups attached to an aromatic ring is 1. The van der Waals surface area contributed by atoms with Crippen molar-refractivity contribution < 1.29 is 19.0 Å². The van der Waals surface area contributed by atoms with Crippen LogP contribution >= 0.6 is 0 Å². The third-order valence-electron chi connectivity index (χ3n) is 6.96. The molecule has 1 aliphatic heterocycles. The molecule has 3 aliphatic rings. The van der Waals surface area contributed by atoms with Crippen molar-refractivity contribution in [2.45, 2.75) is 51.2 Å².